The lowest BCUT2D eigenvalue weighted by Crippen LogP contribution is -2.23. The fraction of sp³-hybridized carbons (Fsp3) is 0.154. The maximum absolute atomic E-state index is 11.7. The van der Waals surface area contributed by atoms with E-state index in [-0.39, 0.29) is 5.69 Å². The molecule has 0 radical (unpaired) electrons. The fourth-order valence-electron chi connectivity index (χ4n) is 1.69. The van der Waals surface area contributed by atoms with Crippen LogP contribution >= 0.6 is 0 Å². The van der Waals surface area contributed by atoms with Gasteiger partial charge in [0.05, 0.1) is 6.54 Å². The molecule has 0 aliphatic carbocycles. The molecule has 1 N–H and O–H groups in total. The van der Waals surface area contributed by atoms with E-state index in [1.165, 1.54) is 21.7 Å². The lowest BCUT2D eigenvalue weighted by atomic mass is 10.1. The summed E-state index contributed by atoms with van der Waals surface area (Å²) >= 11 is 0. The van der Waals surface area contributed by atoms with Crippen molar-refractivity contribution in [2.24, 2.45) is 7.05 Å². The number of carbonyl (C=O) groups is 1. The summed E-state index contributed by atoms with van der Waals surface area (Å²) in [6, 6.07) is 7.28. The van der Waals surface area contributed by atoms with E-state index in [0.717, 1.165) is 17.2 Å². The molecule has 6 heteroatoms. The molecule has 0 fully saturated rings. The maximum Gasteiger partial charge on any atom is 0.345 e. The number of aliphatic carboxylic acids is 1. The summed E-state index contributed by atoms with van der Waals surface area (Å²) in [5, 5.41) is 12.6. The predicted octanol–water partition coefficient (Wildman–Crippen LogP) is 0.728. The second-order valence-corrected chi connectivity index (χ2v) is 4.05. The van der Waals surface area contributed by atoms with Gasteiger partial charge in [-0.05, 0) is 17.2 Å². The van der Waals surface area contributed by atoms with Crippen LogP contribution in [0.2, 0.25) is 0 Å². The Labute approximate surface area is 109 Å². The van der Waals surface area contributed by atoms with Gasteiger partial charge in [0.15, 0.2) is 0 Å². The molecule has 98 valence electrons. The smallest absolute Gasteiger partial charge is 0.345 e. The van der Waals surface area contributed by atoms with Crippen LogP contribution in [0.5, 0.6) is 0 Å². The topological polar surface area (TPSA) is 77.1 Å². The van der Waals surface area contributed by atoms with Crippen LogP contribution < -0.4 is 5.69 Å². The second kappa shape index (κ2) is 5.34. The van der Waals surface area contributed by atoms with Gasteiger partial charge in [0.25, 0.3) is 0 Å². The number of nitrogens with zero attached hydrogens (tertiary/aromatic N) is 3. The Balaban J connectivity index is 2.33. The van der Waals surface area contributed by atoms with Gasteiger partial charge in [0.1, 0.15) is 6.33 Å². The third-order valence-corrected chi connectivity index (χ3v) is 2.67. The molecule has 0 amide bonds. The number of aromatic nitrogens is 3. The highest BCUT2D eigenvalue weighted by Gasteiger charge is 2.05. The summed E-state index contributed by atoms with van der Waals surface area (Å²) in [6.45, 7) is 0.305. The molecule has 0 aliphatic rings. The maximum atomic E-state index is 11.7. The second-order valence-electron chi connectivity index (χ2n) is 4.05. The van der Waals surface area contributed by atoms with E-state index in [1.54, 1.807) is 13.1 Å². The summed E-state index contributed by atoms with van der Waals surface area (Å²) in [7, 11) is 1.63. The number of aryl methyl sites for hydroxylation is 1. The molecule has 6 nitrogen and oxygen atoms in total. The van der Waals surface area contributed by atoms with Crippen molar-refractivity contribution in [3.63, 3.8) is 0 Å². The van der Waals surface area contributed by atoms with Crippen molar-refractivity contribution in [1.29, 1.82) is 0 Å². The van der Waals surface area contributed by atoms with Gasteiger partial charge >= 0.3 is 11.7 Å². The number of benzene rings is 1. The van der Waals surface area contributed by atoms with E-state index in [2.05, 4.69) is 5.10 Å². The number of carboxylic acids is 1. The van der Waals surface area contributed by atoms with Crippen LogP contribution in [0.3, 0.4) is 0 Å². The molecule has 0 saturated heterocycles. The Hall–Kier alpha value is -2.63. The van der Waals surface area contributed by atoms with E-state index in [0.29, 0.717) is 6.54 Å². The van der Waals surface area contributed by atoms with Crippen molar-refractivity contribution in [2.75, 3.05) is 0 Å². The number of hydrogen-bond donors (Lipinski definition) is 1. The van der Waals surface area contributed by atoms with E-state index < -0.39 is 5.97 Å². The van der Waals surface area contributed by atoms with Crippen molar-refractivity contribution < 1.29 is 9.90 Å². The summed E-state index contributed by atoms with van der Waals surface area (Å²) in [5.41, 5.74) is 1.38. The lowest BCUT2D eigenvalue weighted by molar-refractivity contribution is -0.131. The van der Waals surface area contributed by atoms with E-state index in [9.17, 15) is 9.59 Å². The van der Waals surface area contributed by atoms with Gasteiger partial charge in [-0.1, -0.05) is 24.3 Å². The first-order valence-electron chi connectivity index (χ1n) is 5.65. The van der Waals surface area contributed by atoms with Crippen LogP contribution in [0.25, 0.3) is 6.08 Å². The quantitative estimate of drug-likeness (QED) is 0.821. The van der Waals surface area contributed by atoms with Crippen LogP contribution in [0.4, 0.5) is 0 Å². The molecule has 1 aromatic carbocycles. The minimum atomic E-state index is -1.01. The summed E-state index contributed by atoms with van der Waals surface area (Å²) < 4.78 is 2.71. The molecule has 0 bridgehead atoms. The lowest BCUT2D eigenvalue weighted by Gasteiger charge is -2.04. The number of hydrogen-bond acceptors (Lipinski definition) is 3. The van der Waals surface area contributed by atoms with Crippen LogP contribution in [0.15, 0.2) is 41.5 Å². The number of rotatable bonds is 4. The minimum Gasteiger partial charge on any atom is -0.478 e. The molecule has 0 atom stereocenters. The molecular weight excluding hydrogens is 246 g/mol. The van der Waals surface area contributed by atoms with Crippen LogP contribution in [0, 0.1) is 0 Å². The third-order valence-electron chi connectivity index (χ3n) is 2.67. The van der Waals surface area contributed by atoms with Crippen LogP contribution in [-0.2, 0) is 18.4 Å². The minimum absolute atomic E-state index is 0.211. The first-order valence-corrected chi connectivity index (χ1v) is 5.65. The van der Waals surface area contributed by atoms with Gasteiger partial charge in [-0.15, -0.1) is 0 Å². The monoisotopic (exact) mass is 259 g/mol. The highest BCUT2D eigenvalue weighted by Crippen LogP contribution is 2.11. The molecular formula is C13H13N3O3. The standard InChI is InChI=1S/C13H13N3O3/c1-15-9-14-16(13(15)19)8-11-5-3-2-4-10(11)6-7-12(17)18/h2-7,9H,8H2,1H3,(H,17,18)/b7-6+. The SMILES string of the molecule is Cn1cnn(Cc2ccccc2/C=C/C(=O)O)c1=O. The molecule has 19 heavy (non-hydrogen) atoms. The molecule has 0 unspecified atom stereocenters. The predicted molar refractivity (Wildman–Crippen MR) is 69.7 cm³/mol. The average Bonchev–Trinajstić information content (AvgIpc) is 2.70. The Morgan fingerprint density at radius 2 is 2.16 bits per heavy atom. The zero-order valence-electron chi connectivity index (χ0n) is 10.4. The molecule has 0 aliphatic heterocycles. The normalized spacial score (nSPS) is 11.0. The van der Waals surface area contributed by atoms with Crippen molar-refractivity contribution in [3.05, 3.63) is 58.3 Å². The summed E-state index contributed by atoms with van der Waals surface area (Å²) in [4.78, 5) is 22.2. The Kier molecular flexibility index (Phi) is 3.61. The largest absolute Gasteiger partial charge is 0.478 e. The molecule has 0 spiro atoms. The summed E-state index contributed by atoms with van der Waals surface area (Å²) in [6.07, 6.45) is 4.02. The fourth-order valence-corrected chi connectivity index (χ4v) is 1.69. The van der Waals surface area contributed by atoms with Crippen LogP contribution in [-0.4, -0.2) is 25.4 Å². The van der Waals surface area contributed by atoms with Crippen LogP contribution in [0.1, 0.15) is 11.1 Å². The first kappa shape index (κ1) is 12.8. The zero-order valence-corrected chi connectivity index (χ0v) is 10.4. The van der Waals surface area contributed by atoms with E-state index in [4.69, 9.17) is 5.11 Å². The molecule has 2 rings (SSSR count). The molecule has 0 saturated carbocycles. The van der Waals surface area contributed by atoms with Gasteiger partial charge in [0, 0.05) is 13.1 Å². The molecule has 1 aromatic heterocycles. The van der Waals surface area contributed by atoms with Gasteiger partial charge in [-0.3, -0.25) is 4.57 Å². The van der Waals surface area contributed by atoms with Crippen molar-refractivity contribution in [2.45, 2.75) is 6.54 Å². The van der Waals surface area contributed by atoms with E-state index in [1.807, 2.05) is 18.2 Å². The third kappa shape index (κ3) is 2.98. The van der Waals surface area contributed by atoms with Gasteiger partial charge in [-0.2, -0.15) is 5.10 Å². The Morgan fingerprint density at radius 1 is 1.42 bits per heavy atom. The Bertz CT molecular complexity index is 682. The molecule has 2 aromatic rings. The first-order chi connectivity index (χ1) is 9.08. The summed E-state index contributed by atoms with van der Waals surface area (Å²) in [5.74, 6) is -1.01. The Morgan fingerprint density at radius 3 is 2.79 bits per heavy atom. The number of carboxylic acid groups (broad SMARTS) is 1. The van der Waals surface area contributed by atoms with E-state index >= 15 is 0 Å². The van der Waals surface area contributed by atoms with Crippen molar-refractivity contribution in [3.8, 4) is 0 Å². The zero-order chi connectivity index (χ0) is 13.8. The van der Waals surface area contributed by atoms with Gasteiger partial charge < -0.3 is 5.11 Å². The van der Waals surface area contributed by atoms with Crippen molar-refractivity contribution in [1.82, 2.24) is 14.3 Å². The average molecular weight is 259 g/mol. The highest BCUT2D eigenvalue weighted by molar-refractivity contribution is 5.85. The van der Waals surface area contributed by atoms with Crippen molar-refractivity contribution >= 4 is 12.0 Å². The highest BCUT2D eigenvalue weighted by atomic mass is 16.4. The molecule has 1 heterocycles. The van der Waals surface area contributed by atoms with Gasteiger partial charge in [0.2, 0.25) is 0 Å². The van der Waals surface area contributed by atoms with Gasteiger partial charge in [-0.25, -0.2) is 14.3 Å².